The predicted octanol–water partition coefficient (Wildman–Crippen LogP) is 0.585. The zero-order valence-electron chi connectivity index (χ0n) is 15.5. The summed E-state index contributed by atoms with van der Waals surface area (Å²) in [6, 6.07) is 10.2. The Morgan fingerprint density at radius 2 is 1.46 bits per heavy atom. The van der Waals surface area contributed by atoms with Gasteiger partial charge in [0.05, 0.1) is 13.1 Å². The van der Waals surface area contributed by atoms with E-state index in [1.54, 1.807) is 0 Å². The van der Waals surface area contributed by atoms with Crippen LogP contribution in [0.4, 0.5) is 0 Å². The van der Waals surface area contributed by atoms with E-state index in [1.165, 1.54) is 5.56 Å². The minimum atomic E-state index is 0.0857. The minimum absolute atomic E-state index is 0.0857. The monoisotopic (exact) mass is 358 g/mol. The molecule has 0 unspecified atom stereocenters. The summed E-state index contributed by atoms with van der Waals surface area (Å²) in [6.45, 7) is 6.89. The van der Waals surface area contributed by atoms with Crippen molar-refractivity contribution in [3.05, 3.63) is 35.9 Å². The van der Waals surface area contributed by atoms with Crippen LogP contribution in [0, 0.1) is 0 Å². The number of rotatable bonds is 7. The van der Waals surface area contributed by atoms with Crippen molar-refractivity contribution < 1.29 is 9.59 Å². The number of benzene rings is 1. The van der Waals surface area contributed by atoms with Gasteiger partial charge in [0.2, 0.25) is 11.8 Å². The van der Waals surface area contributed by atoms with Gasteiger partial charge in [0, 0.05) is 45.8 Å². The van der Waals surface area contributed by atoms with Gasteiger partial charge in [-0.2, -0.15) is 0 Å². The van der Waals surface area contributed by atoms with Gasteiger partial charge in [0.25, 0.3) is 0 Å². The second-order valence-corrected chi connectivity index (χ2v) is 7.23. The van der Waals surface area contributed by atoms with Crippen LogP contribution in [-0.4, -0.2) is 85.4 Å². The molecular formula is C20H30N4O2. The van der Waals surface area contributed by atoms with E-state index in [2.05, 4.69) is 27.2 Å². The second kappa shape index (κ2) is 9.69. The molecule has 142 valence electrons. The van der Waals surface area contributed by atoms with Crippen molar-refractivity contribution in [2.45, 2.75) is 19.3 Å². The quantitative estimate of drug-likeness (QED) is 0.775. The first kappa shape index (κ1) is 18.9. The Morgan fingerprint density at radius 3 is 2.12 bits per heavy atom. The molecule has 2 heterocycles. The zero-order chi connectivity index (χ0) is 18.2. The van der Waals surface area contributed by atoms with Gasteiger partial charge in [-0.3, -0.25) is 19.4 Å². The molecule has 2 aliphatic heterocycles. The maximum absolute atomic E-state index is 12.2. The largest absolute Gasteiger partial charge is 0.355 e. The molecule has 2 fully saturated rings. The first-order chi connectivity index (χ1) is 12.7. The summed E-state index contributed by atoms with van der Waals surface area (Å²) in [5, 5.41) is 3.00. The number of nitrogens with zero attached hydrogens (tertiary/aromatic N) is 3. The third-order valence-corrected chi connectivity index (χ3v) is 5.23. The molecular weight excluding hydrogens is 328 g/mol. The van der Waals surface area contributed by atoms with Crippen molar-refractivity contribution in [3.8, 4) is 0 Å². The highest BCUT2D eigenvalue weighted by molar-refractivity contribution is 5.79. The summed E-state index contributed by atoms with van der Waals surface area (Å²) >= 11 is 0. The van der Waals surface area contributed by atoms with Gasteiger partial charge in [0.15, 0.2) is 0 Å². The molecule has 0 saturated carbocycles. The SMILES string of the molecule is O=C(CN1CCN(CC(=O)N2CCCC2)CC1)NCCc1ccccc1. The maximum Gasteiger partial charge on any atom is 0.236 e. The van der Waals surface area contributed by atoms with Gasteiger partial charge >= 0.3 is 0 Å². The maximum atomic E-state index is 12.2. The average molecular weight is 358 g/mol. The number of carbonyl (C=O) groups excluding carboxylic acids is 2. The lowest BCUT2D eigenvalue weighted by Crippen LogP contribution is -2.51. The number of likely N-dealkylation sites (tertiary alicyclic amines) is 1. The van der Waals surface area contributed by atoms with E-state index in [0.29, 0.717) is 19.6 Å². The van der Waals surface area contributed by atoms with Crippen molar-refractivity contribution in [1.29, 1.82) is 0 Å². The van der Waals surface area contributed by atoms with Crippen LogP contribution in [0.5, 0.6) is 0 Å². The molecule has 2 saturated heterocycles. The van der Waals surface area contributed by atoms with Gasteiger partial charge in [-0.25, -0.2) is 0 Å². The van der Waals surface area contributed by atoms with Crippen LogP contribution in [-0.2, 0) is 16.0 Å². The highest BCUT2D eigenvalue weighted by Gasteiger charge is 2.24. The molecule has 6 nitrogen and oxygen atoms in total. The Bertz CT molecular complexity index is 579. The van der Waals surface area contributed by atoms with Crippen molar-refractivity contribution >= 4 is 11.8 Å². The van der Waals surface area contributed by atoms with Gasteiger partial charge in [-0.05, 0) is 24.8 Å². The average Bonchev–Trinajstić information content (AvgIpc) is 3.19. The fourth-order valence-corrected chi connectivity index (χ4v) is 3.61. The Labute approximate surface area is 156 Å². The van der Waals surface area contributed by atoms with E-state index in [9.17, 15) is 9.59 Å². The molecule has 3 rings (SSSR count). The minimum Gasteiger partial charge on any atom is -0.355 e. The number of carbonyl (C=O) groups is 2. The smallest absolute Gasteiger partial charge is 0.236 e. The normalized spacial score (nSPS) is 18.8. The van der Waals surface area contributed by atoms with Crippen LogP contribution in [0.1, 0.15) is 18.4 Å². The highest BCUT2D eigenvalue weighted by Crippen LogP contribution is 2.09. The lowest BCUT2D eigenvalue weighted by atomic mass is 10.1. The predicted molar refractivity (Wildman–Crippen MR) is 102 cm³/mol. The molecule has 26 heavy (non-hydrogen) atoms. The third-order valence-electron chi connectivity index (χ3n) is 5.23. The van der Waals surface area contributed by atoms with E-state index in [-0.39, 0.29) is 11.8 Å². The number of hydrogen-bond acceptors (Lipinski definition) is 4. The van der Waals surface area contributed by atoms with E-state index >= 15 is 0 Å². The van der Waals surface area contributed by atoms with E-state index < -0.39 is 0 Å². The van der Waals surface area contributed by atoms with Crippen molar-refractivity contribution in [2.24, 2.45) is 0 Å². The molecule has 1 aromatic rings. The molecule has 2 amide bonds. The Morgan fingerprint density at radius 1 is 0.846 bits per heavy atom. The zero-order valence-corrected chi connectivity index (χ0v) is 15.5. The number of piperazine rings is 1. The van der Waals surface area contributed by atoms with Gasteiger partial charge in [-0.15, -0.1) is 0 Å². The summed E-state index contributed by atoms with van der Waals surface area (Å²) in [4.78, 5) is 30.7. The van der Waals surface area contributed by atoms with Crippen molar-refractivity contribution in [1.82, 2.24) is 20.0 Å². The van der Waals surface area contributed by atoms with Gasteiger partial charge in [-0.1, -0.05) is 30.3 Å². The topological polar surface area (TPSA) is 55.9 Å². The lowest BCUT2D eigenvalue weighted by Gasteiger charge is -2.34. The fourth-order valence-electron chi connectivity index (χ4n) is 3.61. The van der Waals surface area contributed by atoms with E-state index in [4.69, 9.17) is 0 Å². The van der Waals surface area contributed by atoms with Crippen LogP contribution < -0.4 is 5.32 Å². The molecule has 1 aromatic carbocycles. The van der Waals surface area contributed by atoms with E-state index in [0.717, 1.165) is 58.5 Å². The van der Waals surface area contributed by atoms with Crippen LogP contribution in [0.2, 0.25) is 0 Å². The van der Waals surface area contributed by atoms with Crippen LogP contribution in [0.15, 0.2) is 30.3 Å². The molecule has 0 atom stereocenters. The summed E-state index contributed by atoms with van der Waals surface area (Å²) in [7, 11) is 0. The number of hydrogen-bond donors (Lipinski definition) is 1. The Balaban J connectivity index is 1.29. The molecule has 0 bridgehead atoms. The summed E-state index contributed by atoms with van der Waals surface area (Å²) in [5.41, 5.74) is 1.24. The van der Waals surface area contributed by atoms with E-state index in [1.807, 2.05) is 23.1 Å². The third kappa shape index (κ3) is 5.81. The number of amides is 2. The Hall–Kier alpha value is -1.92. The lowest BCUT2D eigenvalue weighted by molar-refractivity contribution is -0.132. The summed E-state index contributed by atoms with van der Waals surface area (Å²) in [5.74, 6) is 0.345. The second-order valence-electron chi connectivity index (χ2n) is 7.23. The van der Waals surface area contributed by atoms with Crippen LogP contribution in [0.25, 0.3) is 0 Å². The molecule has 6 heteroatoms. The molecule has 0 aliphatic carbocycles. The van der Waals surface area contributed by atoms with Crippen LogP contribution in [0.3, 0.4) is 0 Å². The first-order valence-corrected chi connectivity index (χ1v) is 9.74. The molecule has 0 aromatic heterocycles. The van der Waals surface area contributed by atoms with Crippen molar-refractivity contribution in [2.75, 3.05) is 58.9 Å². The summed E-state index contributed by atoms with van der Waals surface area (Å²) in [6.07, 6.45) is 3.14. The molecule has 1 N–H and O–H groups in total. The highest BCUT2D eigenvalue weighted by atomic mass is 16.2. The fraction of sp³-hybridized carbons (Fsp3) is 0.600. The standard InChI is InChI=1S/C20H30N4O2/c25-19(21-9-8-18-6-2-1-3-7-18)16-22-12-14-23(15-13-22)17-20(26)24-10-4-5-11-24/h1-3,6-7H,4-5,8-17H2,(H,21,25). The Kier molecular flexibility index (Phi) is 7.03. The van der Waals surface area contributed by atoms with Gasteiger partial charge in [0.1, 0.15) is 0 Å². The molecule has 0 spiro atoms. The first-order valence-electron chi connectivity index (χ1n) is 9.74. The van der Waals surface area contributed by atoms with Gasteiger partial charge < -0.3 is 10.2 Å². The van der Waals surface area contributed by atoms with Crippen molar-refractivity contribution in [3.63, 3.8) is 0 Å². The number of nitrogens with one attached hydrogen (secondary N) is 1. The van der Waals surface area contributed by atoms with Crippen LogP contribution >= 0.6 is 0 Å². The molecule has 2 aliphatic rings. The molecule has 0 radical (unpaired) electrons. The summed E-state index contributed by atoms with van der Waals surface area (Å²) < 4.78 is 0.